The van der Waals surface area contributed by atoms with Gasteiger partial charge in [-0.3, -0.25) is 19.8 Å². The van der Waals surface area contributed by atoms with Crippen LogP contribution in [0, 0.1) is 5.41 Å². The topological polar surface area (TPSA) is 69.7 Å². The first kappa shape index (κ1) is 15.0. The van der Waals surface area contributed by atoms with Gasteiger partial charge in [0.05, 0.1) is 0 Å². The minimum absolute atomic E-state index is 0.0542. The minimum atomic E-state index is -1.00. The smallest absolute Gasteiger partial charge is 0.305 e. The van der Waals surface area contributed by atoms with E-state index in [0.29, 0.717) is 19.4 Å². The summed E-state index contributed by atoms with van der Waals surface area (Å²) < 4.78 is 0. The SMILES string of the molecule is CC(CN1C(=O)NC(=O)C2(CCCCC2)C1=O)N(C)C. The summed E-state index contributed by atoms with van der Waals surface area (Å²) in [5.74, 6) is -0.708. The number of urea groups is 1. The second kappa shape index (κ2) is 5.52. The summed E-state index contributed by atoms with van der Waals surface area (Å²) in [6, 6.07) is -0.525. The van der Waals surface area contributed by atoms with Crippen LogP contribution in [-0.4, -0.2) is 54.3 Å². The maximum absolute atomic E-state index is 12.7. The van der Waals surface area contributed by atoms with Crippen molar-refractivity contribution >= 4 is 17.8 Å². The van der Waals surface area contributed by atoms with E-state index >= 15 is 0 Å². The first-order chi connectivity index (χ1) is 9.38. The van der Waals surface area contributed by atoms with Crippen LogP contribution in [0.1, 0.15) is 39.0 Å². The van der Waals surface area contributed by atoms with Gasteiger partial charge in [0.2, 0.25) is 11.8 Å². The highest BCUT2D eigenvalue weighted by molar-refractivity contribution is 6.19. The largest absolute Gasteiger partial charge is 0.330 e. The van der Waals surface area contributed by atoms with E-state index in [2.05, 4.69) is 5.32 Å². The molecule has 1 spiro atoms. The molecule has 1 aliphatic carbocycles. The van der Waals surface area contributed by atoms with Gasteiger partial charge in [-0.2, -0.15) is 0 Å². The van der Waals surface area contributed by atoms with Crippen LogP contribution in [0.15, 0.2) is 0 Å². The molecule has 0 bridgehead atoms. The van der Waals surface area contributed by atoms with Gasteiger partial charge in [0, 0.05) is 12.6 Å². The summed E-state index contributed by atoms with van der Waals surface area (Å²) in [6.07, 6.45) is 3.88. The summed E-state index contributed by atoms with van der Waals surface area (Å²) in [7, 11) is 3.80. The van der Waals surface area contributed by atoms with Crippen LogP contribution < -0.4 is 5.32 Å². The quantitative estimate of drug-likeness (QED) is 0.782. The number of carbonyl (C=O) groups is 3. The van der Waals surface area contributed by atoms with Crippen molar-refractivity contribution in [3.8, 4) is 0 Å². The molecule has 0 aromatic heterocycles. The molecule has 6 heteroatoms. The highest BCUT2D eigenvalue weighted by Gasteiger charge is 2.53. The van der Waals surface area contributed by atoms with E-state index < -0.39 is 17.4 Å². The number of nitrogens with zero attached hydrogens (tertiary/aromatic N) is 2. The number of carbonyl (C=O) groups excluding carboxylic acids is 3. The van der Waals surface area contributed by atoms with E-state index in [1.165, 1.54) is 4.90 Å². The Bertz CT molecular complexity index is 427. The molecule has 1 heterocycles. The van der Waals surface area contributed by atoms with E-state index in [-0.39, 0.29) is 11.9 Å². The van der Waals surface area contributed by atoms with E-state index in [1.807, 2.05) is 25.9 Å². The number of hydrogen-bond acceptors (Lipinski definition) is 4. The first-order valence-corrected chi connectivity index (χ1v) is 7.22. The lowest BCUT2D eigenvalue weighted by molar-refractivity contribution is -0.154. The molecule has 1 atom stereocenters. The summed E-state index contributed by atoms with van der Waals surface area (Å²) in [5, 5.41) is 2.37. The van der Waals surface area contributed by atoms with Crippen LogP contribution in [0.3, 0.4) is 0 Å². The van der Waals surface area contributed by atoms with E-state index in [0.717, 1.165) is 19.3 Å². The van der Waals surface area contributed by atoms with Crippen LogP contribution in [0.4, 0.5) is 4.79 Å². The second-order valence-corrected chi connectivity index (χ2v) is 6.13. The second-order valence-electron chi connectivity index (χ2n) is 6.13. The molecule has 4 amide bonds. The van der Waals surface area contributed by atoms with Crippen molar-refractivity contribution in [2.75, 3.05) is 20.6 Å². The van der Waals surface area contributed by atoms with Crippen molar-refractivity contribution in [2.45, 2.75) is 45.1 Å². The van der Waals surface area contributed by atoms with Crippen molar-refractivity contribution in [3.05, 3.63) is 0 Å². The lowest BCUT2D eigenvalue weighted by Crippen LogP contribution is -2.65. The number of rotatable bonds is 3. The molecule has 2 rings (SSSR count). The maximum atomic E-state index is 12.7. The molecule has 20 heavy (non-hydrogen) atoms. The lowest BCUT2D eigenvalue weighted by atomic mass is 9.71. The monoisotopic (exact) mass is 281 g/mol. The Morgan fingerprint density at radius 3 is 2.35 bits per heavy atom. The maximum Gasteiger partial charge on any atom is 0.330 e. The van der Waals surface area contributed by atoms with E-state index in [1.54, 1.807) is 0 Å². The zero-order chi connectivity index (χ0) is 14.9. The Labute approximate surface area is 119 Å². The summed E-state index contributed by atoms with van der Waals surface area (Å²) in [4.78, 5) is 40.0. The van der Waals surface area contributed by atoms with Crippen LogP contribution in [0.5, 0.6) is 0 Å². The molecule has 1 unspecified atom stereocenters. The third-order valence-corrected chi connectivity index (χ3v) is 4.59. The molecule has 2 fully saturated rings. The number of imide groups is 2. The normalized spacial score (nSPS) is 24.2. The molecular formula is C14H23N3O3. The molecule has 6 nitrogen and oxygen atoms in total. The standard InChI is InChI=1S/C14H23N3O3/c1-10(16(2)3)9-17-12(19)14(7-5-4-6-8-14)11(18)15-13(17)20/h10H,4-9H2,1-3H3,(H,15,18,20). The van der Waals surface area contributed by atoms with Gasteiger partial charge in [-0.25, -0.2) is 4.79 Å². The summed E-state index contributed by atoms with van der Waals surface area (Å²) in [5.41, 5.74) is -1.00. The van der Waals surface area contributed by atoms with E-state index in [4.69, 9.17) is 0 Å². The van der Waals surface area contributed by atoms with Crippen molar-refractivity contribution in [2.24, 2.45) is 5.41 Å². The number of hydrogen-bond donors (Lipinski definition) is 1. The fourth-order valence-corrected chi connectivity index (χ4v) is 2.92. The van der Waals surface area contributed by atoms with Gasteiger partial charge in [-0.15, -0.1) is 0 Å². The number of amides is 4. The third kappa shape index (κ3) is 2.44. The molecule has 0 radical (unpaired) electrons. The fourth-order valence-electron chi connectivity index (χ4n) is 2.92. The zero-order valence-corrected chi connectivity index (χ0v) is 12.4. The summed E-state index contributed by atoms with van der Waals surface area (Å²) in [6.45, 7) is 2.26. The highest BCUT2D eigenvalue weighted by Crippen LogP contribution is 2.40. The minimum Gasteiger partial charge on any atom is -0.305 e. The van der Waals surface area contributed by atoms with Crippen molar-refractivity contribution in [3.63, 3.8) is 0 Å². The molecule has 0 aromatic carbocycles. The number of barbiturate groups is 1. The van der Waals surface area contributed by atoms with Crippen LogP contribution in [0.25, 0.3) is 0 Å². The molecule has 112 valence electrons. The Hall–Kier alpha value is -1.43. The Morgan fingerprint density at radius 2 is 1.80 bits per heavy atom. The number of nitrogens with one attached hydrogen (secondary N) is 1. The van der Waals surface area contributed by atoms with Crippen LogP contribution in [0.2, 0.25) is 0 Å². The Kier molecular flexibility index (Phi) is 4.13. The molecule has 1 aliphatic heterocycles. The molecule has 2 aliphatic rings. The van der Waals surface area contributed by atoms with Gasteiger partial charge in [0.15, 0.2) is 0 Å². The average Bonchev–Trinajstić information content (AvgIpc) is 2.42. The molecular weight excluding hydrogens is 258 g/mol. The van der Waals surface area contributed by atoms with Crippen molar-refractivity contribution in [1.82, 2.24) is 15.1 Å². The van der Waals surface area contributed by atoms with Gasteiger partial charge in [-0.1, -0.05) is 19.3 Å². The predicted octanol–water partition coefficient (Wildman–Crippen LogP) is 0.965. The van der Waals surface area contributed by atoms with Gasteiger partial charge in [-0.05, 0) is 33.9 Å². The Morgan fingerprint density at radius 1 is 1.20 bits per heavy atom. The highest BCUT2D eigenvalue weighted by atomic mass is 16.2. The average molecular weight is 281 g/mol. The lowest BCUT2D eigenvalue weighted by Gasteiger charge is -2.42. The van der Waals surface area contributed by atoms with Gasteiger partial charge in [0.1, 0.15) is 5.41 Å². The predicted molar refractivity (Wildman–Crippen MR) is 73.9 cm³/mol. The van der Waals surface area contributed by atoms with Crippen molar-refractivity contribution in [1.29, 1.82) is 0 Å². The molecule has 1 N–H and O–H groups in total. The van der Waals surface area contributed by atoms with Crippen LogP contribution in [-0.2, 0) is 9.59 Å². The molecule has 1 saturated heterocycles. The number of likely N-dealkylation sites (N-methyl/N-ethyl adjacent to an activating group) is 1. The van der Waals surface area contributed by atoms with Gasteiger partial charge < -0.3 is 4.90 Å². The fraction of sp³-hybridized carbons (Fsp3) is 0.786. The zero-order valence-electron chi connectivity index (χ0n) is 12.4. The van der Waals surface area contributed by atoms with Gasteiger partial charge in [0.25, 0.3) is 0 Å². The Balaban J connectivity index is 2.22. The summed E-state index contributed by atoms with van der Waals surface area (Å²) >= 11 is 0. The van der Waals surface area contributed by atoms with Crippen LogP contribution >= 0.6 is 0 Å². The molecule has 0 aromatic rings. The van der Waals surface area contributed by atoms with Crippen molar-refractivity contribution < 1.29 is 14.4 Å². The van der Waals surface area contributed by atoms with Gasteiger partial charge >= 0.3 is 6.03 Å². The third-order valence-electron chi connectivity index (χ3n) is 4.59. The van der Waals surface area contributed by atoms with E-state index in [9.17, 15) is 14.4 Å². The molecule has 1 saturated carbocycles. The first-order valence-electron chi connectivity index (χ1n) is 7.22.